The Hall–Kier alpha value is -1.77. The van der Waals surface area contributed by atoms with E-state index in [0.29, 0.717) is 13.0 Å². The van der Waals surface area contributed by atoms with Crippen LogP contribution in [-0.4, -0.2) is 56.3 Å². The van der Waals surface area contributed by atoms with Crippen LogP contribution in [0.5, 0.6) is 0 Å². The van der Waals surface area contributed by atoms with Crippen molar-refractivity contribution in [1.29, 1.82) is 0 Å². The third kappa shape index (κ3) is 38.0. The predicted molar refractivity (Wildman–Crippen MR) is 215 cm³/mol. The molecule has 0 saturated carbocycles. The maximum Gasteiger partial charge on any atom is 0.472 e. The van der Waals surface area contributed by atoms with Crippen LogP contribution in [0.25, 0.3) is 0 Å². The molecule has 0 bridgehead atoms. The van der Waals surface area contributed by atoms with Gasteiger partial charge in [-0.05, 0) is 77.7 Å². The van der Waals surface area contributed by atoms with Crippen LogP contribution in [0.15, 0.2) is 36.5 Å². The SMILES string of the molecule is CCCCC/C=C\C/C=C\CCCCCCCC(=O)OC(COC(=O)CCCCCCCCC/C=C\CCCCCC)COP(=O)(O)OCCNC. The third-order valence-electron chi connectivity index (χ3n) is 8.73. The zero-order chi connectivity index (χ0) is 38.2. The molecule has 2 N–H and O–H groups in total. The first kappa shape index (κ1) is 50.2. The van der Waals surface area contributed by atoms with Gasteiger partial charge in [0.25, 0.3) is 0 Å². The van der Waals surface area contributed by atoms with Crippen molar-refractivity contribution in [2.75, 3.05) is 33.4 Å². The number of phosphoric ester groups is 1. The van der Waals surface area contributed by atoms with E-state index in [1.54, 1.807) is 7.05 Å². The highest BCUT2D eigenvalue weighted by atomic mass is 31.2. The summed E-state index contributed by atoms with van der Waals surface area (Å²) in [5.74, 6) is -0.827. The van der Waals surface area contributed by atoms with E-state index in [9.17, 15) is 19.0 Å². The number of esters is 2. The summed E-state index contributed by atoms with van der Waals surface area (Å²) in [5.41, 5.74) is 0. The minimum atomic E-state index is -4.35. The zero-order valence-corrected chi connectivity index (χ0v) is 34.4. The second-order valence-corrected chi connectivity index (χ2v) is 15.3. The second kappa shape index (κ2) is 38.9. The highest BCUT2D eigenvalue weighted by molar-refractivity contribution is 7.47. The first-order chi connectivity index (χ1) is 25.3. The van der Waals surface area contributed by atoms with Gasteiger partial charge in [0.15, 0.2) is 6.10 Å². The van der Waals surface area contributed by atoms with Crippen molar-refractivity contribution in [3.63, 3.8) is 0 Å². The molecule has 9 nitrogen and oxygen atoms in total. The Balaban J connectivity index is 4.27. The van der Waals surface area contributed by atoms with Crippen molar-refractivity contribution in [1.82, 2.24) is 5.32 Å². The molecule has 52 heavy (non-hydrogen) atoms. The first-order valence-corrected chi connectivity index (χ1v) is 22.4. The lowest BCUT2D eigenvalue weighted by atomic mass is 10.1. The van der Waals surface area contributed by atoms with Crippen LogP contribution in [0.4, 0.5) is 0 Å². The molecule has 0 aromatic carbocycles. The molecule has 0 aliphatic carbocycles. The number of hydrogen-bond acceptors (Lipinski definition) is 8. The number of allylic oxidation sites excluding steroid dienone is 6. The molecule has 0 aromatic rings. The van der Waals surface area contributed by atoms with Gasteiger partial charge in [-0.25, -0.2) is 4.57 Å². The van der Waals surface area contributed by atoms with Gasteiger partial charge in [-0.2, -0.15) is 0 Å². The summed E-state index contributed by atoms with van der Waals surface area (Å²) in [6.07, 6.45) is 40.4. The number of unbranched alkanes of at least 4 members (excludes halogenated alkanes) is 19. The molecule has 0 amide bonds. The Bertz CT molecular complexity index is 954. The van der Waals surface area contributed by atoms with Crippen LogP contribution in [0, 0.1) is 0 Å². The zero-order valence-electron chi connectivity index (χ0n) is 33.5. The Morgan fingerprint density at radius 3 is 1.58 bits per heavy atom. The highest BCUT2D eigenvalue weighted by Gasteiger charge is 2.26. The molecule has 0 aliphatic rings. The summed E-state index contributed by atoms with van der Waals surface area (Å²) in [6, 6.07) is 0. The number of carbonyl (C=O) groups excluding carboxylic acids is 2. The molecule has 2 unspecified atom stereocenters. The number of carbonyl (C=O) groups is 2. The van der Waals surface area contributed by atoms with E-state index >= 15 is 0 Å². The molecular formula is C42H78NO8P. The van der Waals surface area contributed by atoms with E-state index in [0.717, 1.165) is 70.6 Å². The van der Waals surface area contributed by atoms with Crippen molar-refractivity contribution in [2.45, 2.75) is 187 Å². The van der Waals surface area contributed by atoms with E-state index < -0.39 is 26.5 Å². The van der Waals surface area contributed by atoms with Gasteiger partial charge in [-0.3, -0.25) is 18.6 Å². The maximum atomic E-state index is 12.6. The fourth-order valence-electron chi connectivity index (χ4n) is 5.52. The Labute approximate surface area is 318 Å². The fraction of sp³-hybridized carbons (Fsp3) is 0.810. The smallest absolute Gasteiger partial charge is 0.462 e. The number of phosphoric acid groups is 1. The van der Waals surface area contributed by atoms with Gasteiger partial charge in [0.2, 0.25) is 0 Å². The average molecular weight is 756 g/mol. The van der Waals surface area contributed by atoms with Gasteiger partial charge >= 0.3 is 19.8 Å². The predicted octanol–water partition coefficient (Wildman–Crippen LogP) is 11.6. The standard InChI is InChI=1S/C42H78NO8P/c1-4-6-8-10-12-14-16-18-20-22-24-26-28-30-32-34-41(44)48-38-40(39-50-52(46,47)49-37-36-43-3)51-42(45)35-33-31-29-27-25-23-21-19-17-15-13-11-9-7-5-2/h13-16,19,21,40,43H,4-12,17-18,20,22-39H2,1-3H3,(H,46,47)/b15-13-,16-14-,21-19-. The number of ether oxygens (including phenoxy) is 2. The second-order valence-electron chi connectivity index (χ2n) is 13.8. The van der Waals surface area contributed by atoms with Crippen LogP contribution in [0.2, 0.25) is 0 Å². The van der Waals surface area contributed by atoms with Crippen LogP contribution in [0.3, 0.4) is 0 Å². The van der Waals surface area contributed by atoms with Crippen LogP contribution in [-0.2, 0) is 32.7 Å². The van der Waals surface area contributed by atoms with Gasteiger partial charge in [0.1, 0.15) is 6.61 Å². The van der Waals surface area contributed by atoms with Crippen molar-refractivity contribution in [3.05, 3.63) is 36.5 Å². The fourth-order valence-corrected chi connectivity index (χ4v) is 6.27. The van der Waals surface area contributed by atoms with Gasteiger partial charge in [-0.1, -0.05) is 134 Å². The van der Waals surface area contributed by atoms with Crippen LogP contribution >= 0.6 is 7.82 Å². The quantitative estimate of drug-likeness (QED) is 0.0273. The van der Waals surface area contributed by atoms with Crippen molar-refractivity contribution in [3.8, 4) is 0 Å². The summed E-state index contributed by atoms with van der Waals surface area (Å²) in [6.45, 7) is 4.16. The van der Waals surface area contributed by atoms with Gasteiger partial charge in [-0.15, -0.1) is 0 Å². The molecule has 0 spiro atoms. The van der Waals surface area contributed by atoms with Gasteiger partial charge in [0, 0.05) is 19.4 Å². The first-order valence-electron chi connectivity index (χ1n) is 20.9. The summed E-state index contributed by atoms with van der Waals surface area (Å²) >= 11 is 0. The van der Waals surface area contributed by atoms with Gasteiger partial charge in [0.05, 0.1) is 13.2 Å². The summed E-state index contributed by atoms with van der Waals surface area (Å²) in [7, 11) is -2.65. The summed E-state index contributed by atoms with van der Waals surface area (Å²) in [5, 5.41) is 2.82. The summed E-state index contributed by atoms with van der Waals surface area (Å²) < 4.78 is 33.1. The monoisotopic (exact) mass is 756 g/mol. The van der Waals surface area contributed by atoms with Crippen LogP contribution < -0.4 is 5.32 Å². The molecular weight excluding hydrogens is 677 g/mol. The molecule has 304 valence electrons. The molecule has 0 aliphatic heterocycles. The van der Waals surface area contributed by atoms with E-state index in [2.05, 4.69) is 55.6 Å². The van der Waals surface area contributed by atoms with E-state index in [1.807, 2.05) is 0 Å². The largest absolute Gasteiger partial charge is 0.472 e. The molecule has 2 atom stereocenters. The van der Waals surface area contributed by atoms with Crippen LogP contribution in [0.1, 0.15) is 181 Å². The summed E-state index contributed by atoms with van der Waals surface area (Å²) in [4.78, 5) is 35.0. The average Bonchev–Trinajstić information content (AvgIpc) is 3.12. The van der Waals surface area contributed by atoms with Crippen molar-refractivity contribution >= 4 is 19.8 Å². The molecule has 0 heterocycles. The van der Waals surface area contributed by atoms with E-state index in [1.165, 1.54) is 77.0 Å². The lowest BCUT2D eigenvalue weighted by Gasteiger charge is -2.20. The number of nitrogens with one attached hydrogen (secondary N) is 1. The van der Waals surface area contributed by atoms with E-state index in [-0.39, 0.29) is 32.0 Å². The normalized spacial score (nSPS) is 13.7. The Morgan fingerprint density at radius 2 is 1.04 bits per heavy atom. The molecule has 0 aromatic heterocycles. The molecule has 0 radical (unpaired) electrons. The van der Waals surface area contributed by atoms with E-state index in [4.69, 9.17) is 18.5 Å². The lowest BCUT2D eigenvalue weighted by Crippen LogP contribution is -2.29. The number of hydrogen-bond donors (Lipinski definition) is 2. The Kier molecular flexibility index (Phi) is 37.6. The molecule has 0 saturated heterocycles. The topological polar surface area (TPSA) is 120 Å². The maximum absolute atomic E-state index is 12.6. The molecule has 10 heteroatoms. The third-order valence-corrected chi connectivity index (χ3v) is 9.72. The highest BCUT2D eigenvalue weighted by Crippen LogP contribution is 2.43. The minimum Gasteiger partial charge on any atom is -0.462 e. The van der Waals surface area contributed by atoms with Crippen molar-refractivity contribution in [2.24, 2.45) is 0 Å². The Morgan fingerprint density at radius 1 is 0.596 bits per heavy atom. The number of likely N-dealkylation sites (N-methyl/N-ethyl adjacent to an activating group) is 1. The lowest BCUT2D eigenvalue weighted by molar-refractivity contribution is -0.161. The number of rotatable bonds is 39. The molecule has 0 fully saturated rings. The molecule has 0 rings (SSSR count). The van der Waals surface area contributed by atoms with Gasteiger partial charge < -0.3 is 19.7 Å². The van der Waals surface area contributed by atoms with Crippen molar-refractivity contribution < 1.29 is 37.6 Å². The minimum absolute atomic E-state index is 0.0207.